The molecule has 0 radical (unpaired) electrons. The first-order chi connectivity index (χ1) is 17.2. The molecule has 2 aliphatic heterocycles. The van der Waals surface area contributed by atoms with Crippen molar-refractivity contribution in [3.63, 3.8) is 0 Å². The van der Waals surface area contributed by atoms with Gasteiger partial charge in [-0.1, -0.05) is 29.5 Å². The van der Waals surface area contributed by atoms with Crippen molar-refractivity contribution in [2.75, 3.05) is 7.11 Å². The van der Waals surface area contributed by atoms with Crippen molar-refractivity contribution in [1.29, 1.82) is 0 Å². The van der Waals surface area contributed by atoms with E-state index in [4.69, 9.17) is 9.47 Å². The van der Waals surface area contributed by atoms with E-state index in [1.165, 1.54) is 11.3 Å². The third kappa shape index (κ3) is 3.26. The number of aromatic nitrogens is 1. The van der Waals surface area contributed by atoms with Gasteiger partial charge >= 0.3 is 10.8 Å². The van der Waals surface area contributed by atoms with Crippen LogP contribution in [0.4, 0.5) is 0 Å². The molecule has 1 N–H and O–H groups in total. The number of H-pyrrole nitrogens is 1. The lowest BCUT2D eigenvalue weighted by atomic mass is 9.68. The topological polar surface area (TPSA) is 106 Å². The Morgan fingerprint density at radius 3 is 2.47 bits per heavy atom. The fraction of sp³-hybridized carbons (Fsp3) is 0.538. The maximum Gasteiger partial charge on any atom is 0.329 e. The van der Waals surface area contributed by atoms with Crippen LogP contribution in [0.5, 0.6) is 5.75 Å². The highest BCUT2D eigenvalue weighted by atomic mass is 32.2. The Bertz CT molecular complexity index is 1320. The summed E-state index contributed by atoms with van der Waals surface area (Å²) in [6.45, 7) is 5.07. The molecule has 2 amide bonds. The van der Waals surface area contributed by atoms with Crippen molar-refractivity contribution in [3.8, 4) is 5.75 Å². The summed E-state index contributed by atoms with van der Waals surface area (Å²) in [7, 11) is 1.64. The monoisotopic (exact) mass is 528 g/mol. The minimum Gasteiger partial charge on any atom is -0.496 e. The number of hydrogen-bond donors (Lipinski definition) is 1. The Kier molecular flexibility index (Phi) is 5.60. The molecule has 2 aromatic rings. The van der Waals surface area contributed by atoms with Crippen molar-refractivity contribution in [2.24, 2.45) is 29.6 Å². The second-order valence-corrected chi connectivity index (χ2v) is 12.6. The van der Waals surface area contributed by atoms with E-state index in [0.29, 0.717) is 0 Å². The number of thioether (sulfide) groups is 1. The Morgan fingerprint density at radius 1 is 1.08 bits per heavy atom. The van der Waals surface area contributed by atoms with Crippen LogP contribution in [0.15, 0.2) is 34.1 Å². The lowest BCUT2D eigenvalue weighted by molar-refractivity contribution is -0.161. The number of rotatable bonds is 5. The lowest BCUT2D eigenvalue weighted by Gasteiger charge is -2.43. The number of aromatic amines is 1. The van der Waals surface area contributed by atoms with E-state index in [2.05, 4.69) is 4.98 Å². The van der Waals surface area contributed by atoms with Gasteiger partial charge in [0.25, 0.3) is 0 Å². The van der Waals surface area contributed by atoms with E-state index in [0.717, 1.165) is 32.5 Å². The summed E-state index contributed by atoms with van der Waals surface area (Å²) in [5, 5.41) is 0.937. The molecule has 4 aliphatic rings. The number of carbonyl (C=O) groups is 3. The average Bonchev–Trinajstić information content (AvgIpc) is 3.57. The molecule has 36 heavy (non-hydrogen) atoms. The Hall–Kier alpha value is -2.59. The Balaban J connectivity index is 1.41. The molecule has 2 saturated carbocycles. The van der Waals surface area contributed by atoms with Crippen LogP contribution in [-0.2, 0) is 19.1 Å². The number of benzene rings is 1. The van der Waals surface area contributed by atoms with Gasteiger partial charge in [-0.3, -0.25) is 19.3 Å². The number of ether oxygens (including phenoxy) is 2. The maximum atomic E-state index is 13.7. The number of hydrogen-bond acceptors (Lipinski definition) is 8. The van der Waals surface area contributed by atoms with E-state index >= 15 is 0 Å². The van der Waals surface area contributed by atoms with Crippen LogP contribution in [0, 0.1) is 29.6 Å². The summed E-state index contributed by atoms with van der Waals surface area (Å²) in [6, 6.07) is 6.89. The Morgan fingerprint density at radius 2 is 1.78 bits per heavy atom. The molecule has 1 saturated heterocycles. The molecule has 8 atom stereocenters. The summed E-state index contributed by atoms with van der Waals surface area (Å²) in [5.74, 6) is -1.27. The predicted octanol–water partition coefficient (Wildman–Crippen LogP) is 3.26. The molecule has 1 aromatic heterocycles. The Labute approximate surface area is 216 Å². The van der Waals surface area contributed by atoms with Crippen molar-refractivity contribution in [3.05, 3.63) is 44.4 Å². The zero-order chi connectivity index (χ0) is 25.5. The summed E-state index contributed by atoms with van der Waals surface area (Å²) in [5.41, 5.74) is 0.999. The summed E-state index contributed by atoms with van der Waals surface area (Å²) >= 11 is 2.86. The van der Waals surface area contributed by atoms with Crippen LogP contribution in [0.3, 0.4) is 0 Å². The number of thiazole rings is 1. The minimum atomic E-state index is -0.949. The number of esters is 1. The second-order valence-electron chi connectivity index (χ2n) is 10.4. The highest BCUT2D eigenvalue weighted by molar-refractivity contribution is 8.00. The molecule has 8 nitrogen and oxygen atoms in total. The van der Waals surface area contributed by atoms with Crippen molar-refractivity contribution >= 4 is 40.9 Å². The molecule has 10 heteroatoms. The molecule has 8 unspecified atom stereocenters. The number of amides is 2. The minimum absolute atomic E-state index is 0.00136. The molecule has 3 fully saturated rings. The zero-order valence-corrected chi connectivity index (χ0v) is 22.1. The quantitative estimate of drug-likeness (QED) is 0.469. The van der Waals surface area contributed by atoms with Gasteiger partial charge in [0.2, 0.25) is 11.8 Å². The first-order valence-corrected chi connectivity index (χ1v) is 14.0. The van der Waals surface area contributed by atoms with E-state index < -0.39 is 23.8 Å². The summed E-state index contributed by atoms with van der Waals surface area (Å²) in [6.07, 6.45) is 0.462. The van der Waals surface area contributed by atoms with Gasteiger partial charge in [0.15, 0.2) is 0 Å². The smallest absolute Gasteiger partial charge is 0.329 e. The number of imide groups is 1. The van der Waals surface area contributed by atoms with Gasteiger partial charge in [-0.25, -0.2) is 4.79 Å². The second kappa shape index (κ2) is 8.48. The van der Waals surface area contributed by atoms with Gasteiger partial charge in [0.1, 0.15) is 11.8 Å². The number of carbonyl (C=O) groups excluding carboxylic acids is 3. The molecule has 1 aromatic carbocycles. The third-order valence-corrected chi connectivity index (χ3v) is 10.9. The molecule has 2 bridgehead atoms. The molecule has 2 aliphatic carbocycles. The number of nitrogens with zero attached hydrogens (tertiary/aromatic N) is 1. The molecule has 190 valence electrons. The fourth-order valence-electron chi connectivity index (χ4n) is 7.13. The van der Waals surface area contributed by atoms with Crippen LogP contribution in [-0.4, -0.2) is 52.2 Å². The van der Waals surface area contributed by atoms with Crippen LogP contribution in [0.1, 0.15) is 43.6 Å². The van der Waals surface area contributed by atoms with Gasteiger partial charge in [-0.15, -0.1) is 11.8 Å². The molecular formula is C26H28N2O6S2. The zero-order valence-electron chi connectivity index (χ0n) is 20.4. The highest BCUT2D eigenvalue weighted by Crippen LogP contribution is 2.69. The number of fused-ring (bicyclic) bond motifs is 9. The number of para-hydroxylation sites is 1. The molecule has 3 heterocycles. The van der Waals surface area contributed by atoms with Gasteiger partial charge in [-0.2, -0.15) is 0 Å². The summed E-state index contributed by atoms with van der Waals surface area (Å²) in [4.78, 5) is 57.4. The standard InChI is InChI=1S/C26H28N2O6S2/c1-10(2)34-25(31)11(3)28-23(29)18-13-9-14(19(18)24(28)30)20-17(13)16(12-7-5-6-8-15(12)33-4)21-22(35-20)27-26(32)36-21/h5-8,10-11,13-14,16-20H,9H2,1-4H3,(H,27,32). The third-order valence-electron chi connectivity index (χ3n) is 8.31. The SMILES string of the molecule is COc1ccccc1C1c2sc(=O)[nH]c2SC2C3CC(C4C(=O)N(C(C)C(=O)OC(C)C)C(=O)C34)C12. The van der Waals surface area contributed by atoms with Gasteiger partial charge in [-0.05, 0) is 51.0 Å². The number of likely N-dealkylation sites (tertiary alicyclic amines) is 1. The van der Waals surface area contributed by atoms with Crippen molar-refractivity contribution < 1.29 is 23.9 Å². The van der Waals surface area contributed by atoms with Crippen LogP contribution in [0.25, 0.3) is 0 Å². The average molecular weight is 529 g/mol. The normalized spacial score (nSPS) is 32.9. The van der Waals surface area contributed by atoms with Gasteiger partial charge in [0.05, 0.1) is 30.1 Å². The largest absolute Gasteiger partial charge is 0.496 e. The molecule has 6 rings (SSSR count). The van der Waals surface area contributed by atoms with Crippen LogP contribution >= 0.6 is 23.1 Å². The van der Waals surface area contributed by atoms with Crippen LogP contribution in [0.2, 0.25) is 0 Å². The summed E-state index contributed by atoms with van der Waals surface area (Å²) < 4.78 is 11.0. The first kappa shape index (κ1) is 23.8. The van der Waals surface area contributed by atoms with E-state index in [1.807, 2.05) is 24.3 Å². The fourth-order valence-corrected chi connectivity index (χ4v) is 10.0. The van der Waals surface area contributed by atoms with E-state index in [1.54, 1.807) is 39.6 Å². The maximum absolute atomic E-state index is 13.7. The first-order valence-electron chi connectivity index (χ1n) is 12.3. The molecular weight excluding hydrogens is 500 g/mol. The van der Waals surface area contributed by atoms with Gasteiger partial charge < -0.3 is 14.5 Å². The lowest BCUT2D eigenvalue weighted by Crippen LogP contribution is -2.45. The predicted molar refractivity (Wildman–Crippen MR) is 134 cm³/mol. The highest BCUT2D eigenvalue weighted by Gasteiger charge is 2.70. The van der Waals surface area contributed by atoms with E-state index in [9.17, 15) is 19.2 Å². The van der Waals surface area contributed by atoms with Crippen molar-refractivity contribution in [1.82, 2.24) is 9.88 Å². The van der Waals surface area contributed by atoms with Gasteiger partial charge in [0, 0.05) is 21.6 Å². The van der Waals surface area contributed by atoms with Crippen LogP contribution < -0.4 is 9.61 Å². The molecule has 0 spiro atoms. The van der Waals surface area contributed by atoms with Crippen molar-refractivity contribution in [2.45, 2.75) is 55.5 Å². The van der Waals surface area contributed by atoms with E-state index in [-0.39, 0.29) is 51.7 Å². The number of methoxy groups -OCH3 is 1. The number of nitrogens with one attached hydrogen (secondary N) is 1.